The summed E-state index contributed by atoms with van der Waals surface area (Å²) in [6.45, 7) is 7.26. The smallest absolute Gasteiger partial charge is 0.160 e. The summed E-state index contributed by atoms with van der Waals surface area (Å²) in [4.78, 5) is 14.8. The molecule has 5 rings (SSSR count). The minimum atomic E-state index is 0.0233. The van der Waals surface area contributed by atoms with Gasteiger partial charge in [-0.15, -0.1) is 0 Å². The molecule has 3 atom stereocenters. The Hall–Kier alpha value is -2.21. The molecule has 2 fully saturated rings. The summed E-state index contributed by atoms with van der Waals surface area (Å²) in [5.74, 6) is 2.12. The zero-order valence-electron chi connectivity index (χ0n) is 17.8. The summed E-state index contributed by atoms with van der Waals surface area (Å²) in [5, 5.41) is 1.17. The van der Waals surface area contributed by atoms with Gasteiger partial charge in [-0.05, 0) is 56.0 Å². The van der Waals surface area contributed by atoms with Crippen molar-refractivity contribution in [1.29, 1.82) is 0 Å². The lowest BCUT2D eigenvalue weighted by molar-refractivity contribution is 0.254. The molecule has 0 saturated carbocycles. The first kappa shape index (κ1) is 19.7. The quantitative estimate of drug-likeness (QED) is 0.651. The van der Waals surface area contributed by atoms with Gasteiger partial charge in [-0.2, -0.15) is 0 Å². The first-order chi connectivity index (χ1) is 14.8. The third-order valence-electron chi connectivity index (χ3n) is 6.40. The first-order valence-electron chi connectivity index (χ1n) is 11.2. The molecular weight excluding hydrogens is 392 g/mol. The van der Waals surface area contributed by atoms with Crippen LogP contribution in [0.3, 0.4) is 0 Å². The molecular formula is C24H30N4OS. The number of ether oxygens (including phenoxy) is 1. The highest BCUT2D eigenvalue weighted by atomic mass is 32.2. The van der Waals surface area contributed by atoms with Crippen molar-refractivity contribution in [2.24, 2.45) is 4.99 Å². The van der Waals surface area contributed by atoms with Gasteiger partial charge in [-0.25, -0.2) is 0 Å². The van der Waals surface area contributed by atoms with E-state index >= 15 is 0 Å². The van der Waals surface area contributed by atoms with E-state index in [9.17, 15) is 0 Å². The SMILES string of the molecule is CCOc1cc([C@H]2[C@@H](c3ccccn3)N=C3SC[C@@H](CC)N32)ccc1N1CCCC1. The highest BCUT2D eigenvalue weighted by Crippen LogP contribution is 2.49. The molecule has 1 aromatic carbocycles. The predicted molar refractivity (Wildman–Crippen MR) is 125 cm³/mol. The van der Waals surface area contributed by atoms with Crippen molar-refractivity contribution in [3.8, 4) is 5.75 Å². The number of thioether (sulfide) groups is 1. The third-order valence-corrected chi connectivity index (χ3v) is 7.53. The average molecular weight is 423 g/mol. The van der Waals surface area contributed by atoms with Crippen molar-refractivity contribution < 1.29 is 4.74 Å². The van der Waals surface area contributed by atoms with Gasteiger partial charge >= 0.3 is 0 Å². The van der Waals surface area contributed by atoms with E-state index in [0.29, 0.717) is 12.6 Å². The van der Waals surface area contributed by atoms with Crippen molar-refractivity contribution in [1.82, 2.24) is 9.88 Å². The Balaban J connectivity index is 1.56. The van der Waals surface area contributed by atoms with E-state index < -0.39 is 0 Å². The number of hydrogen-bond donors (Lipinski definition) is 0. The molecule has 158 valence electrons. The van der Waals surface area contributed by atoms with Crippen molar-refractivity contribution >= 4 is 22.6 Å². The maximum absolute atomic E-state index is 6.14. The molecule has 1 aromatic heterocycles. The second kappa shape index (κ2) is 8.50. The molecule has 0 spiro atoms. The highest BCUT2D eigenvalue weighted by molar-refractivity contribution is 8.14. The molecule has 5 nitrogen and oxygen atoms in total. The molecule has 30 heavy (non-hydrogen) atoms. The van der Waals surface area contributed by atoms with Crippen LogP contribution in [0.2, 0.25) is 0 Å². The monoisotopic (exact) mass is 422 g/mol. The van der Waals surface area contributed by atoms with Crippen LogP contribution in [0.5, 0.6) is 5.75 Å². The van der Waals surface area contributed by atoms with Gasteiger partial charge in [0.05, 0.1) is 24.0 Å². The van der Waals surface area contributed by atoms with E-state index in [1.54, 1.807) is 0 Å². The summed E-state index contributed by atoms with van der Waals surface area (Å²) in [6.07, 6.45) is 5.53. The third kappa shape index (κ3) is 3.45. The number of nitrogens with zero attached hydrogens (tertiary/aromatic N) is 4. The fourth-order valence-electron chi connectivity index (χ4n) is 4.91. The molecule has 0 aliphatic carbocycles. The summed E-state index contributed by atoms with van der Waals surface area (Å²) in [5.41, 5.74) is 3.55. The lowest BCUT2D eigenvalue weighted by Gasteiger charge is -2.32. The average Bonchev–Trinajstić information content (AvgIpc) is 3.51. The van der Waals surface area contributed by atoms with Gasteiger partial charge in [0, 0.05) is 31.1 Å². The van der Waals surface area contributed by atoms with E-state index in [-0.39, 0.29) is 12.1 Å². The zero-order chi connectivity index (χ0) is 20.5. The number of aromatic nitrogens is 1. The summed E-state index contributed by atoms with van der Waals surface area (Å²) in [6, 6.07) is 13.7. The maximum Gasteiger partial charge on any atom is 0.160 e. The molecule has 4 heterocycles. The Kier molecular flexibility index (Phi) is 5.59. The van der Waals surface area contributed by atoms with Crippen molar-refractivity contribution in [3.05, 3.63) is 53.9 Å². The van der Waals surface area contributed by atoms with Crippen LogP contribution >= 0.6 is 11.8 Å². The number of benzene rings is 1. The van der Waals surface area contributed by atoms with Crippen LogP contribution in [0, 0.1) is 0 Å². The number of rotatable bonds is 6. The minimum absolute atomic E-state index is 0.0233. The fraction of sp³-hybridized carbons (Fsp3) is 0.500. The van der Waals surface area contributed by atoms with Crippen LogP contribution in [-0.4, -0.2) is 46.5 Å². The number of fused-ring (bicyclic) bond motifs is 1. The van der Waals surface area contributed by atoms with E-state index in [4.69, 9.17) is 9.73 Å². The first-order valence-corrected chi connectivity index (χ1v) is 12.2. The van der Waals surface area contributed by atoms with Crippen LogP contribution in [-0.2, 0) is 0 Å². The van der Waals surface area contributed by atoms with E-state index in [1.807, 2.05) is 24.0 Å². The molecule has 3 aliphatic rings. The summed E-state index contributed by atoms with van der Waals surface area (Å²) >= 11 is 1.89. The van der Waals surface area contributed by atoms with Gasteiger partial charge in [-0.3, -0.25) is 9.98 Å². The van der Waals surface area contributed by atoms with Crippen LogP contribution in [0.4, 0.5) is 5.69 Å². The van der Waals surface area contributed by atoms with Crippen molar-refractivity contribution in [2.45, 2.75) is 51.2 Å². The Labute approximate surface area is 183 Å². The van der Waals surface area contributed by atoms with Crippen molar-refractivity contribution in [3.63, 3.8) is 0 Å². The molecule has 0 amide bonds. The zero-order valence-corrected chi connectivity index (χ0v) is 18.6. The molecule has 0 radical (unpaired) electrons. The largest absolute Gasteiger partial charge is 0.492 e. The molecule has 2 aromatic rings. The van der Waals surface area contributed by atoms with Gasteiger partial charge < -0.3 is 14.5 Å². The molecule has 2 saturated heterocycles. The van der Waals surface area contributed by atoms with Gasteiger partial charge in [-0.1, -0.05) is 30.8 Å². The fourth-order valence-corrected chi connectivity index (χ4v) is 6.25. The van der Waals surface area contributed by atoms with E-state index in [1.165, 1.54) is 29.3 Å². The minimum Gasteiger partial charge on any atom is -0.492 e. The van der Waals surface area contributed by atoms with Crippen LogP contribution < -0.4 is 9.64 Å². The second-order valence-corrected chi connectivity index (χ2v) is 9.18. The maximum atomic E-state index is 6.14. The predicted octanol–water partition coefficient (Wildman–Crippen LogP) is 5.06. The Morgan fingerprint density at radius 2 is 2.00 bits per heavy atom. The summed E-state index contributed by atoms with van der Waals surface area (Å²) in [7, 11) is 0. The van der Waals surface area contributed by atoms with Gasteiger partial charge in [0.1, 0.15) is 11.8 Å². The number of amidine groups is 1. The topological polar surface area (TPSA) is 41.0 Å². The Bertz CT molecular complexity index is 913. The Morgan fingerprint density at radius 3 is 2.73 bits per heavy atom. The second-order valence-electron chi connectivity index (χ2n) is 8.19. The van der Waals surface area contributed by atoms with Gasteiger partial charge in [0.15, 0.2) is 5.17 Å². The molecule has 3 aliphatic heterocycles. The Morgan fingerprint density at radius 1 is 1.13 bits per heavy atom. The normalized spacial score (nSPS) is 25.5. The molecule has 0 bridgehead atoms. The highest BCUT2D eigenvalue weighted by Gasteiger charge is 2.45. The number of pyridine rings is 1. The number of hydrogen-bond acceptors (Lipinski definition) is 6. The van der Waals surface area contributed by atoms with Crippen LogP contribution in [0.15, 0.2) is 47.6 Å². The van der Waals surface area contributed by atoms with E-state index in [2.05, 4.69) is 59.0 Å². The molecule has 0 unspecified atom stereocenters. The van der Waals surface area contributed by atoms with Crippen LogP contribution in [0.1, 0.15) is 56.5 Å². The standard InChI is InChI=1S/C24H30N4OS/c1-3-18-16-30-24-26-22(19-9-5-6-12-25-19)23(28(18)24)17-10-11-20(21(15-17)29-4-2)27-13-7-8-14-27/h5-6,9-12,15,18,22-23H,3-4,7-8,13-14,16H2,1-2H3/t18-,22-,23+/m1/s1. The number of aliphatic imine (C=N–C) groups is 1. The lowest BCUT2D eigenvalue weighted by atomic mass is 9.94. The summed E-state index contributed by atoms with van der Waals surface area (Å²) < 4.78 is 6.14. The molecule has 6 heteroatoms. The van der Waals surface area contributed by atoms with Gasteiger partial charge in [0.25, 0.3) is 0 Å². The van der Waals surface area contributed by atoms with Crippen molar-refractivity contribution in [2.75, 3.05) is 30.3 Å². The molecule has 0 N–H and O–H groups in total. The lowest BCUT2D eigenvalue weighted by Crippen LogP contribution is -2.35. The van der Waals surface area contributed by atoms with Gasteiger partial charge in [0.2, 0.25) is 0 Å². The van der Waals surface area contributed by atoms with E-state index in [0.717, 1.165) is 36.7 Å². The van der Waals surface area contributed by atoms with Crippen LogP contribution in [0.25, 0.3) is 0 Å². The number of anilines is 1.